The van der Waals surface area contributed by atoms with Gasteiger partial charge in [0.05, 0.1) is 25.4 Å². The first-order valence-electron chi connectivity index (χ1n) is 8.98. The molecule has 2 atom stereocenters. The van der Waals surface area contributed by atoms with Crippen LogP contribution in [0, 0.1) is 12.7 Å². The lowest BCUT2D eigenvalue weighted by atomic mass is 9.86. The normalized spacial score (nSPS) is 19.7. The van der Waals surface area contributed by atoms with E-state index in [1.54, 1.807) is 18.2 Å². The molecule has 144 valence electrons. The molecule has 2 aromatic carbocycles. The zero-order valence-electron chi connectivity index (χ0n) is 15.5. The minimum Gasteiger partial charge on any atom is -0.496 e. The summed E-state index contributed by atoms with van der Waals surface area (Å²) < 4.78 is 25.0. The molecule has 0 aromatic heterocycles. The Balaban J connectivity index is 1.76. The minimum atomic E-state index is -0.994. The molecule has 5 nitrogen and oxygen atoms in total. The van der Waals surface area contributed by atoms with E-state index >= 15 is 0 Å². The van der Waals surface area contributed by atoms with Gasteiger partial charge in [0.15, 0.2) is 0 Å². The molecule has 0 bridgehead atoms. The van der Waals surface area contributed by atoms with Gasteiger partial charge in [-0.2, -0.15) is 0 Å². The molecule has 1 heterocycles. The molecule has 0 saturated carbocycles. The lowest BCUT2D eigenvalue weighted by Gasteiger charge is -2.33. The van der Waals surface area contributed by atoms with Crippen LogP contribution in [0.3, 0.4) is 0 Å². The second-order valence-electron chi connectivity index (χ2n) is 6.78. The van der Waals surface area contributed by atoms with Gasteiger partial charge in [-0.1, -0.05) is 12.1 Å². The van der Waals surface area contributed by atoms with Crippen LogP contribution >= 0.6 is 0 Å². The van der Waals surface area contributed by atoms with Gasteiger partial charge < -0.3 is 19.9 Å². The van der Waals surface area contributed by atoms with Gasteiger partial charge in [-0.05, 0) is 55.3 Å². The smallest absolute Gasteiger partial charge is 0.335 e. The fraction of sp³-hybridized carbons (Fsp3) is 0.381. The first kappa shape index (κ1) is 19.3. The van der Waals surface area contributed by atoms with Gasteiger partial charge in [0.1, 0.15) is 11.6 Å². The summed E-state index contributed by atoms with van der Waals surface area (Å²) in [6.45, 7) is 3.87. The molecule has 2 unspecified atom stereocenters. The molecule has 0 amide bonds. The summed E-state index contributed by atoms with van der Waals surface area (Å²) in [6, 6.07) is 9.65. The van der Waals surface area contributed by atoms with E-state index in [1.165, 1.54) is 19.2 Å². The zero-order valence-corrected chi connectivity index (χ0v) is 15.5. The zero-order chi connectivity index (χ0) is 19.4. The maximum atomic E-state index is 13.5. The average Bonchev–Trinajstić information content (AvgIpc) is 2.66. The Labute approximate surface area is 158 Å². The van der Waals surface area contributed by atoms with Gasteiger partial charge in [0, 0.05) is 18.0 Å². The number of ether oxygens (including phenoxy) is 2. The summed E-state index contributed by atoms with van der Waals surface area (Å²) in [5, 5.41) is 12.5. The SMILES string of the molecule is COc1cc(C(=O)O)ccc1COC1CCNCC1c1ccc(F)cc1C. The molecule has 6 heteroatoms. The largest absolute Gasteiger partial charge is 0.496 e. The number of hydrogen-bond acceptors (Lipinski definition) is 4. The van der Waals surface area contributed by atoms with Crippen LogP contribution in [0.2, 0.25) is 0 Å². The first-order valence-corrected chi connectivity index (χ1v) is 8.98. The number of aromatic carboxylic acids is 1. The topological polar surface area (TPSA) is 67.8 Å². The highest BCUT2D eigenvalue weighted by atomic mass is 19.1. The van der Waals surface area contributed by atoms with E-state index < -0.39 is 5.97 Å². The summed E-state index contributed by atoms with van der Waals surface area (Å²) in [4.78, 5) is 11.1. The number of carboxylic acids is 1. The Morgan fingerprint density at radius 3 is 2.81 bits per heavy atom. The maximum Gasteiger partial charge on any atom is 0.335 e. The van der Waals surface area contributed by atoms with E-state index in [9.17, 15) is 9.18 Å². The number of methoxy groups -OCH3 is 1. The molecule has 2 aromatic rings. The lowest BCUT2D eigenvalue weighted by molar-refractivity contribution is 0.00600. The monoisotopic (exact) mass is 373 g/mol. The number of benzene rings is 2. The number of aryl methyl sites for hydroxylation is 1. The predicted molar refractivity (Wildman–Crippen MR) is 99.9 cm³/mol. The van der Waals surface area contributed by atoms with E-state index in [0.717, 1.165) is 36.2 Å². The van der Waals surface area contributed by atoms with Crippen LogP contribution < -0.4 is 10.1 Å². The van der Waals surface area contributed by atoms with Crippen molar-refractivity contribution in [2.75, 3.05) is 20.2 Å². The Bertz CT molecular complexity index is 824. The number of carbonyl (C=O) groups is 1. The van der Waals surface area contributed by atoms with Crippen molar-refractivity contribution in [1.29, 1.82) is 0 Å². The molecule has 3 rings (SSSR count). The van der Waals surface area contributed by atoms with Crippen molar-refractivity contribution >= 4 is 5.97 Å². The van der Waals surface area contributed by atoms with Crippen LogP contribution in [0.4, 0.5) is 4.39 Å². The molecule has 1 aliphatic heterocycles. The van der Waals surface area contributed by atoms with Crippen molar-refractivity contribution in [3.8, 4) is 5.75 Å². The van der Waals surface area contributed by atoms with Crippen molar-refractivity contribution in [2.24, 2.45) is 0 Å². The van der Waals surface area contributed by atoms with E-state index in [4.69, 9.17) is 14.6 Å². The van der Waals surface area contributed by atoms with Crippen molar-refractivity contribution in [3.63, 3.8) is 0 Å². The molecular formula is C21H24FNO4. The molecule has 1 fully saturated rings. The number of hydrogen-bond donors (Lipinski definition) is 2. The molecule has 1 saturated heterocycles. The predicted octanol–water partition coefficient (Wildman–Crippen LogP) is 3.50. The molecule has 27 heavy (non-hydrogen) atoms. The van der Waals surface area contributed by atoms with E-state index in [1.807, 2.05) is 13.0 Å². The van der Waals surface area contributed by atoms with Gasteiger partial charge in [0.25, 0.3) is 0 Å². The number of rotatable bonds is 6. The van der Waals surface area contributed by atoms with Crippen LogP contribution in [-0.2, 0) is 11.3 Å². The maximum absolute atomic E-state index is 13.5. The average molecular weight is 373 g/mol. The van der Waals surface area contributed by atoms with Gasteiger partial charge in [-0.15, -0.1) is 0 Å². The summed E-state index contributed by atoms with van der Waals surface area (Å²) >= 11 is 0. The van der Waals surface area contributed by atoms with E-state index in [0.29, 0.717) is 12.4 Å². The second-order valence-corrected chi connectivity index (χ2v) is 6.78. The Kier molecular flexibility index (Phi) is 6.08. The third-order valence-corrected chi connectivity index (χ3v) is 5.04. The van der Waals surface area contributed by atoms with E-state index in [-0.39, 0.29) is 23.4 Å². The van der Waals surface area contributed by atoms with Crippen LogP contribution in [0.1, 0.15) is 39.4 Å². The van der Waals surface area contributed by atoms with Crippen molar-refractivity contribution in [2.45, 2.75) is 32.0 Å². The fourth-order valence-corrected chi connectivity index (χ4v) is 3.59. The fourth-order valence-electron chi connectivity index (χ4n) is 3.59. The lowest BCUT2D eigenvalue weighted by Crippen LogP contribution is -2.40. The first-order chi connectivity index (χ1) is 13.0. The van der Waals surface area contributed by atoms with Crippen molar-refractivity contribution in [3.05, 3.63) is 64.5 Å². The van der Waals surface area contributed by atoms with Crippen LogP contribution in [0.15, 0.2) is 36.4 Å². The third kappa shape index (κ3) is 4.46. The van der Waals surface area contributed by atoms with Gasteiger partial charge in [0.2, 0.25) is 0 Å². The van der Waals surface area contributed by atoms with Crippen LogP contribution in [0.5, 0.6) is 5.75 Å². The van der Waals surface area contributed by atoms with Crippen LogP contribution in [-0.4, -0.2) is 37.4 Å². The molecule has 0 radical (unpaired) electrons. The minimum absolute atomic E-state index is 0.0146. The van der Waals surface area contributed by atoms with Gasteiger partial charge in [-0.3, -0.25) is 0 Å². The summed E-state index contributed by atoms with van der Waals surface area (Å²) in [5.41, 5.74) is 2.98. The highest BCUT2D eigenvalue weighted by Crippen LogP contribution is 2.31. The summed E-state index contributed by atoms with van der Waals surface area (Å²) in [7, 11) is 1.51. The van der Waals surface area contributed by atoms with E-state index in [2.05, 4.69) is 5.32 Å². The Hall–Kier alpha value is -2.44. The number of nitrogens with one attached hydrogen (secondary N) is 1. The Morgan fingerprint density at radius 2 is 2.11 bits per heavy atom. The summed E-state index contributed by atoms with van der Waals surface area (Å²) in [6.07, 6.45) is 0.830. The second kappa shape index (κ2) is 8.50. The standard InChI is InChI=1S/C21H24FNO4/c1-13-9-16(22)5-6-17(13)18-11-23-8-7-19(18)27-12-15-4-3-14(21(24)25)10-20(15)26-2/h3-6,9-10,18-19,23H,7-8,11-12H2,1-2H3,(H,24,25). The summed E-state index contributed by atoms with van der Waals surface area (Å²) in [5.74, 6) is -0.603. The quantitative estimate of drug-likeness (QED) is 0.811. The number of halogens is 1. The van der Waals surface area contributed by atoms with Gasteiger partial charge in [-0.25, -0.2) is 9.18 Å². The van der Waals surface area contributed by atoms with Crippen molar-refractivity contribution in [1.82, 2.24) is 5.32 Å². The molecular weight excluding hydrogens is 349 g/mol. The highest BCUT2D eigenvalue weighted by molar-refractivity contribution is 5.88. The Morgan fingerprint density at radius 1 is 1.30 bits per heavy atom. The molecule has 2 N–H and O–H groups in total. The third-order valence-electron chi connectivity index (χ3n) is 5.04. The molecule has 1 aliphatic rings. The molecule has 0 spiro atoms. The van der Waals surface area contributed by atoms with Crippen molar-refractivity contribution < 1.29 is 23.8 Å². The number of carboxylic acid groups (broad SMARTS) is 1. The van der Waals surface area contributed by atoms with Gasteiger partial charge >= 0.3 is 5.97 Å². The molecule has 0 aliphatic carbocycles. The highest BCUT2D eigenvalue weighted by Gasteiger charge is 2.28. The number of piperidine rings is 1. The van der Waals surface area contributed by atoms with Crippen LogP contribution in [0.25, 0.3) is 0 Å².